The molecule has 1 unspecified atom stereocenters. The fourth-order valence-electron chi connectivity index (χ4n) is 1.13. The molecule has 2 nitrogen and oxygen atoms in total. The summed E-state index contributed by atoms with van der Waals surface area (Å²) in [6, 6.07) is 0.690. The van der Waals surface area contributed by atoms with Gasteiger partial charge in [-0.1, -0.05) is 6.92 Å². The SMILES string of the molecule is CCN(C)C1CCOC1. The van der Waals surface area contributed by atoms with Crippen molar-refractivity contribution >= 4 is 0 Å². The normalized spacial score (nSPS) is 27.7. The molecule has 9 heavy (non-hydrogen) atoms. The lowest BCUT2D eigenvalue weighted by atomic mass is 10.2. The Bertz CT molecular complexity index is 79.0. The van der Waals surface area contributed by atoms with E-state index in [1.807, 2.05) is 0 Å². The molecule has 1 aliphatic heterocycles. The Morgan fingerprint density at radius 2 is 2.44 bits per heavy atom. The summed E-state index contributed by atoms with van der Waals surface area (Å²) < 4.78 is 5.24. The summed E-state index contributed by atoms with van der Waals surface area (Å²) in [5.74, 6) is 0. The van der Waals surface area contributed by atoms with Gasteiger partial charge in [-0.15, -0.1) is 0 Å². The monoisotopic (exact) mass is 129 g/mol. The number of likely N-dealkylation sites (N-methyl/N-ethyl adjacent to an activating group) is 1. The maximum atomic E-state index is 5.24. The van der Waals surface area contributed by atoms with Gasteiger partial charge in [-0.3, -0.25) is 0 Å². The van der Waals surface area contributed by atoms with Crippen molar-refractivity contribution in [3.8, 4) is 0 Å². The van der Waals surface area contributed by atoms with Crippen LogP contribution in [0.15, 0.2) is 0 Å². The van der Waals surface area contributed by atoms with E-state index in [1.54, 1.807) is 0 Å². The summed E-state index contributed by atoms with van der Waals surface area (Å²) in [6.07, 6.45) is 1.21. The second-order valence-corrected chi connectivity index (χ2v) is 2.59. The van der Waals surface area contributed by atoms with Crippen LogP contribution in [-0.4, -0.2) is 37.7 Å². The van der Waals surface area contributed by atoms with Crippen molar-refractivity contribution in [1.82, 2.24) is 4.90 Å². The molecular weight excluding hydrogens is 114 g/mol. The molecule has 0 amide bonds. The summed E-state index contributed by atoms with van der Waals surface area (Å²) in [7, 11) is 2.15. The van der Waals surface area contributed by atoms with Crippen molar-refractivity contribution in [3.05, 3.63) is 0 Å². The van der Waals surface area contributed by atoms with Gasteiger partial charge in [-0.2, -0.15) is 0 Å². The average molecular weight is 129 g/mol. The van der Waals surface area contributed by atoms with Crippen LogP contribution >= 0.6 is 0 Å². The standard InChI is InChI=1S/C7H15NO/c1-3-8(2)7-4-5-9-6-7/h7H,3-6H2,1-2H3. The Balaban J connectivity index is 2.24. The first kappa shape index (κ1) is 7.03. The molecule has 0 bridgehead atoms. The Morgan fingerprint density at radius 3 is 2.89 bits per heavy atom. The molecule has 1 heterocycles. The van der Waals surface area contributed by atoms with Crippen molar-refractivity contribution < 1.29 is 4.74 Å². The maximum absolute atomic E-state index is 5.24. The lowest BCUT2D eigenvalue weighted by molar-refractivity contribution is 0.162. The second-order valence-electron chi connectivity index (χ2n) is 2.59. The van der Waals surface area contributed by atoms with Crippen molar-refractivity contribution in [3.63, 3.8) is 0 Å². The molecule has 0 aromatic rings. The van der Waals surface area contributed by atoms with Gasteiger partial charge in [0.2, 0.25) is 0 Å². The van der Waals surface area contributed by atoms with E-state index in [1.165, 1.54) is 6.42 Å². The van der Waals surface area contributed by atoms with Crippen molar-refractivity contribution in [2.45, 2.75) is 19.4 Å². The van der Waals surface area contributed by atoms with E-state index in [2.05, 4.69) is 18.9 Å². The quantitative estimate of drug-likeness (QED) is 0.545. The van der Waals surface area contributed by atoms with Gasteiger partial charge in [-0.25, -0.2) is 0 Å². The van der Waals surface area contributed by atoms with E-state index in [9.17, 15) is 0 Å². The van der Waals surface area contributed by atoms with Gasteiger partial charge >= 0.3 is 0 Å². The lowest BCUT2D eigenvalue weighted by Crippen LogP contribution is -2.31. The number of rotatable bonds is 2. The summed E-state index contributed by atoms with van der Waals surface area (Å²) in [6.45, 7) is 5.20. The Labute approximate surface area is 56.8 Å². The minimum Gasteiger partial charge on any atom is -0.380 e. The van der Waals surface area contributed by atoms with Crippen molar-refractivity contribution in [1.29, 1.82) is 0 Å². The fourth-order valence-corrected chi connectivity index (χ4v) is 1.13. The highest BCUT2D eigenvalue weighted by atomic mass is 16.5. The van der Waals surface area contributed by atoms with Crippen LogP contribution in [0.25, 0.3) is 0 Å². The maximum Gasteiger partial charge on any atom is 0.0622 e. The number of ether oxygens (including phenoxy) is 1. The first-order chi connectivity index (χ1) is 4.34. The van der Waals surface area contributed by atoms with Crippen molar-refractivity contribution in [2.75, 3.05) is 26.8 Å². The molecule has 54 valence electrons. The zero-order chi connectivity index (χ0) is 6.69. The predicted octanol–water partition coefficient (Wildman–Crippen LogP) is 0.727. The van der Waals surface area contributed by atoms with Crippen LogP contribution in [0.4, 0.5) is 0 Å². The van der Waals surface area contributed by atoms with Crippen LogP contribution in [0.3, 0.4) is 0 Å². The van der Waals surface area contributed by atoms with Crippen LogP contribution in [0, 0.1) is 0 Å². The summed E-state index contributed by atoms with van der Waals surface area (Å²) >= 11 is 0. The third kappa shape index (κ3) is 1.66. The first-order valence-corrected chi connectivity index (χ1v) is 3.62. The Hall–Kier alpha value is -0.0800. The largest absolute Gasteiger partial charge is 0.380 e. The molecule has 0 radical (unpaired) electrons. The molecular formula is C7H15NO. The zero-order valence-electron chi connectivity index (χ0n) is 6.26. The first-order valence-electron chi connectivity index (χ1n) is 3.62. The highest BCUT2D eigenvalue weighted by Crippen LogP contribution is 2.09. The van der Waals surface area contributed by atoms with Gasteiger partial charge in [0, 0.05) is 12.6 Å². The van der Waals surface area contributed by atoms with E-state index in [0.29, 0.717) is 6.04 Å². The van der Waals surface area contributed by atoms with Gasteiger partial charge in [0.1, 0.15) is 0 Å². The zero-order valence-corrected chi connectivity index (χ0v) is 6.26. The number of nitrogens with zero attached hydrogens (tertiary/aromatic N) is 1. The smallest absolute Gasteiger partial charge is 0.0622 e. The van der Waals surface area contributed by atoms with Crippen LogP contribution in [0.5, 0.6) is 0 Å². The van der Waals surface area contributed by atoms with Gasteiger partial charge < -0.3 is 9.64 Å². The van der Waals surface area contributed by atoms with Gasteiger partial charge in [0.25, 0.3) is 0 Å². The van der Waals surface area contributed by atoms with Gasteiger partial charge in [-0.05, 0) is 20.0 Å². The Kier molecular flexibility index (Phi) is 2.49. The minimum absolute atomic E-state index is 0.690. The molecule has 0 N–H and O–H groups in total. The van der Waals surface area contributed by atoms with Crippen LogP contribution in [0.1, 0.15) is 13.3 Å². The molecule has 1 atom stereocenters. The van der Waals surface area contributed by atoms with Crippen molar-refractivity contribution in [2.24, 2.45) is 0 Å². The van der Waals surface area contributed by atoms with Crippen LogP contribution in [0.2, 0.25) is 0 Å². The van der Waals surface area contributed by atoms with Gasteiger partial charge in [0.05, 0.1) is 6.61 Å². The molecule has 1 rings (SSSR count). The Morgan fingerprint density at radius 1 is 1.67 bits per heavy atom. The summed E-state index contributed by atoms with van der Waals surface area (Å²) in [4.78, 5) is 2.34. The summed E-state index contributed by atoms with van der Waals surface area (Å²) in [5, 5.41) is 0. The number of hydrogen-bond acceptors (Lipinski definition) is 2. The van der Waals surface area contributed by atoms with Crippen LogP contribution in [-0.2, 0) is 4.74 Å². The van der Waals surface area contributed by atoms with Gasteiger partial charge in [0.15, 0.2) is 0 Å². The van der Waals surface area contributed by atoms with E-state index in [-0.39, 0.29) is 0 Å². The summed E-state index contributed by atoms with van der Waals surface area (Å²) in [5.41, 5.74) is 0. The van der Waals surface area contributed by atoms with E-state index >= 15 is 0 Å². The molecule has 0 spiro atoms. The molecule has 0 aliphatic carbocycles. The molecule has 0 aromatic heterocycles. The van der Waals surface area contributed by atoms with E-state index in [4.69, 9.17) is 4.74 Å². The topological polar surface area (TPSA) is 12.5 Å². The molecule has 1 aliphatic rings. The molecule has 1 fully saturated rings. The molecule has 0 aromatic carbocycles. The second kappa shape index (κ2) is 3.18. The molecule has 2 heteroatoms. The van der Waals surface area contributed by atoms with E-state index < -0.39 is 0 Å². The number of hydrogen-bond donors (Lipinski definition) is 0. The lowest BCUT2D eigenvalue weighted by Gasteiger charge is -2.19. The third-order valence-electron chi connectivity index (χ3n) is 2.03. The fraction of sp³-hybridized carbons (Fsp3) is 1.00. The molecule has 1 saturated heterocycles. The third-order valence-corrected chi connectivity index (χ3v) is 2.03. The highest BCUT2D eigenvalue weighted by molar-refractivity contribution is 4.71. The average Bonchev–Trinajstić information content (AvgIpc) is 2.37. The van der Waals surface area contributed by atoms with Crippen LogP contribution < -0.4 is 0 Å². The van der Waals surface area contributed by atoms with E-state index in [0.717, 1.165) is 19.8 Å². The highest BCUT2D eigenvalue weighted by Gasteiger charge is 2.18. The minimum atomic E-state index is 0.690. The molecule has 0 saturated carbocycles. The predicted molar refractivity (Wildman–Crippen MR) is 37.5 cm³/mol.